The summed E-state index contributed by atoms with van der Waals surface area (Å²) >= 11 is 1.67. The van der Waals surface area contributed by atoms with Gasteiger partial charge in [0.05, 0.1) is 4.88 Å². The molecule has 0 unspecified atom stereocenters. The van der Waals surface area contributed by atoms with Crippen LogP contribution in [-0.2, 0) is 4.79 Å². The number of urea groups is 1. The van der Waals surface area contributed by atoms with E-state index in [1.165, 1.54) is 9.78 Å². The zero-order valence-corrected chi connectivity index (χ0v) is 12.9. The maximum Gasteiger partial charge on any atom is 0.324 e. The van der Waals surface area contributed by atoms with Gasteiger partial charge < -0.3 is 10.6 Å². The Labute approximate surface area is 132 Å². The van der Waals surface area contributed by atoms with Crippen LogP contribution in [0.2, 0.25) is 0 Å². The molecule has 1 fully saturated rings. The molecular weight excluding hydrogens is 298 g/mol. The first-order valence-corrected chi connectivity index (χ1v) is 8.13. The number of nitrogens with zero attached hydrogens (tertiary/aromatic N) is 1. The van der Waals surface area contributed by atoms with Gasteiger partial charge in [0, 0.05) is 18.7 Å². The number of hydrogen-bond donors (Lipinski definition) is 2. The molecule has 0 radical (unpaired) electrons. The van der Waals surface area contributed by atoms with Gasteiger partial charge in [0.2, 0.25) is 0 Å². The van der Waals surface area contributed by atoms with Crippen molar-refractivity contribution in [1.82, 2.24) is 10.2 Å². The molecule has 3 amide bonds. The largest absolute Gasteiger partial charge is 0.336 e. The number of hydrogen-bond acceptors (Lipinski definition) is 3. The van der Waals surface area contributed by atoms with Crippen molar-refractivity contribution in [1.29, 1.82) is 0 Å². The van der Waals surface area contributed by atoms with Crippen molar-refractivity contribution in [3.63, 3.8) is 0 Å². The number of amides is 3. The normalized spacial score (nSPS) is 15.6. The van der Waals surface area contributed by atoms with E-state index in [-0.39, 0.29) is 24.5 Å². The van der Waals surface area contributed by atoms with E-state index in [1.807, 2.05) is 35.0 Å². The van der Waals surface area contributed by atoms with Crippen LogP contribution in [0, 0.1) is 0 Å². The summed E-state index contributed by atoms with van der Waals surface area (Å²) < 4.78 is 0. The molecule has 0 spiro atoms. The Morgan fingerprint density at radius 2 is 2.09 bits per heavy atom. The summed E-state index contributed by atoms with van der Waals surface area (Å²) in [6.07, 6.45) is 0. The molecule has 2 aromatic rings. The Kier molecular flexibility index (Phi) is 4.50. The molecule has 114 valence electrons. The van der Waals surface area contributed by atoms with E-state index in [9.17, 15) is 9.59 Å². The Morgan fingerprint density at radius 1 is 1.27 bits per heavy atom. The van der Waals surface area contributed by atoms with Gasteiger partial charge in [-0.3, -0.25) is 9.69 Å². The lowest BCUT2D eigenvalue weighted by Crippen LogP contribution is -2.87. The third-order valence-corrected chi connectivity index (χ3v) is 4.65. The summed E-state index contributed by atoms with van der Waals surface area (Å²) in [5, 5.41) is 6.68. The molecule has 3 N–H and O–H groups in total. The number of carbonyl (C=O) groups excluding carboxylic acids is 2. The van der Waals surface area contributed by atoms with Crippen molar-refractivity contribution in [2.75, 3.05) is 19.6 Å². The van der Waals surface area contributed by atoms with Crippen LogP contribution in [-0.4, -0.2) is 36.5 Å². The van der Waals surface area contributed by atoms with Crippen LogP contribution in [0.15, 0.2) is 47.8 Å². The molecule has 1 saturated heterocycles. The summed E-state index contributed by atoms with van der Waals surface area (Å²) in [5.41, 5.74) is 1.16. The lowest BCUT2D eigenvalue weighted by Gasteiger charge is -2.16. The van der Waals surface area contributed by atoms with E-state index in [0.717, 1.165) is 5.56 Å². The number of benzene rings is 1. The maximum absolute atomic E-state index is 12.2. The molecule has 1 aromatic carbocycles. The second-order valence-electron chi connectivity index (χ2n) is 5.12. The third kappa shape index (κ3) is 3.18. The van der Waals surface area contributed by atoms with E-state index in [1.54, 1.807) is 11.3 Å². The molecule has 6 heteroatoms. The molecular formula is C16H18N3O2S+. The molecule has 1 aliphatic heterocycles. The van der Waals surface area contributed by atoms with Crippen molar-refractivity contribution in [3.8, 4) is 0 Å². The van der Waals surface area contributed by atoms with Gasteiger partial charge in [-0.1, -0.05) is 36.4 Å². The smallest absolute Gasteiger partial charge is 0.324 e. The number of rotatable bonds is 5. The zero-order chi connectivity index (χ0) is 15.4. The number of carbonyl (C=O) groups is 2. The molecule has 1 aromatic heterocycles. The van der Waals surface area contributed by atoms with Crippen molar-refractivity contribution in [3.05, 3.63) is 58.3 Å². The van der Waals surface area contributed by atoms with Gasteiger partial charge in [-0.25, -0.2) is 4.79 Å². The molecule has 22 heavy (non-hydrogen) atoms. The minimum absolute atomic E-state index is 0.0795. The summed E-state index contributed by atoms with van der Waals surface area (Å²) in [6.45, 7) is 1.25. The first kappa shape index (κ1) is 14.7. The average Bonchev–Trinajstić information content (AvgIpc) is 3.20. The maximum atomic E-state index is 12.2. The Hall–Kier alpha value is -2.18. The van der Waals surface area contributed by atoms with Crippen LogP contribution >= 0.6 is 11.3 Å². The van der Waals surface area contributed by atoms with Crippen LogP contribution in [0.1, 0.15) is 16.5 Å². The van der Waals surface area contributed by atoms with Crippen LogP contribution < -0.4 is 10.6 Å². The van der Waals surface area contributed by atoms with E-state index in [2.05, 4.69) is 23.5 Å². The minimum Gasteiger partial charge on any atom is -0.336 e. The predicted molar refractivity (Wildman–Crippen MR) is 84.5 cm³/mol. The van der Waals surface area contributed by atoms with Gasteiger partial charge in [0.25, 0.3) is 5.91 Å². The fourth-order valence-corrected chi connectivity index (χ4v) is 3.43. The Bertz CT molecular complexity index is 643. The summed E-state index contributed by atoms with van der Waals surface area (Å²) in [7, 11) is 0. The number of nitrogens with one attached hydrogen (secondary N) is 1. The van der Waals surface area contributed by atoms with E-state index in [4.69, 9.17) is 0 Å². The second kappa shape index (κ2) is 6.72. The van der Waals surface area contributed by atoms with E-state index < -0.39 is 0 Å². The molecule has 0 saturated carbocycles. The molecule has 5 nitrogen and oxygen atoms in total. The summed E-state index contributed by atoms with van der Waals surface area (Å²) in [6, 6.07) is 14.0. The van der Waals surface area contributed by atoms with Gasteiger partial charge in [-0.2, -0.15) is 0 Å². The minimum atomic E-state index is -0.286. The quantitative estimate of drug-likeness (QED) is 0.862. The summed E-state index contributed by atoms with van der Waals surface area (Å²) in [4.78, 5) is 26.2. The van der Waals surface area contributed by atoms with Crippen LogP contribution in [0.25, 0.3) is 0 Å². The first-order chi connectivity index (χ1) is 10.8. The highest BCUT2D eigenvalue weighted by molar-refractivity contribution is 7.10. The van der Waals surface area contributed by atoms with Crippen molar-refractivity contribution in [2.24, 2.45) is 0 Å². The van der Waals surface area contributed by atoms with Gasteiger partial charge in [-0.15, -0.1) is 11.3 Å². The molecule has 3 rings (SSSR count). The highest BCUT2D eigenvalue weighted by Gasteiger charge is 2.28. The predicted octanol–water partition coefficient (Wildman–Crippen LogP) is 0.953. The van der Waals surface area contributed by atoms with Gasteiger partial charge >= 0.3 is 6.03 Å². The topological polar surface area (TPSA) is 66.0 Å². The molecule has 1 atom stereocenters. The molecule has 2 heterocycles. The molecule has 0 bridgehead atoms. The van der Waals surface area contributed by atoms with E-state index >= 15 is 0 Å². The van der Waals surface area contributed by atoms with Gasteiger partial charge in [-0.05, 0) is 11.4 Å². The van der Waals surface area contributed by atoms with Crippen LogP contribution in [0.5, 0.6) is 0 Å². The van der Waals surface area contributed by atoms with Crippen LogP contribution in [0.3, 0.4) is 0 Å². The molecule has 0 aliphatic carbocycles. The average molecular weight is 316 g/mol. The standard InChI is InChI=1S/C16H17N3O2S/c20-14(19-9-8-17-16(19)21)11-18-15(13-7-4-10-22-13)12-5-2-1-3-6-12/h1-7,10,15,18H,8-9,11H2,(H,17,21)/p+1/t15-/m1/s1. The first-order valence-electron chi connectivity index (χ1n) is 7.25. The van der Waals surface area contributed by atoms with Crippen LogP contribution in [0.4, 0.5) is 4.79 Å². The van der Waals surface area contributed by atoms with Gasteiger partial charge in [0.15, 0.2) is 6.54 Å². The van der Waals surface area contributed by atoms with Gasteiger partial charge in [0.1, 0.15) is 6.04 Å². The number of nitrogens with two attached hydrogens (primary N) is 1. The lowest BCUT2D eigenvalue weighted by molar-refractivity contribution is -0.676. The summed E-state index contributed by atoms with van der Waals surface area (Å²) in [5.74, 6) is -0.146. The monoisotopic (exact) mass is 316 g/mol. The second-order valence-corrected chi connectivity index (χ2v) is 6.10. The Morgan fingerprint density at radius 3 is 2.73 bits per heavy atom. The number of imide groups is 1. The van der Waals surface area contributed by atoms with Crippen molar-refractivity contribution < 1.29 is 14.9 Å². The van der Waals surface area contributed by atoms with Crippen molar-refractivity contribution in [2.45, 2.75) is 6.04 Å². The number of quaternary nitrogens is 1. The molecule has 1 aliphatic rings. The highest BCUT2D eigenvalue weighted by Crippen LogP contribution is 2.22. The van der Waals surface area contributed by atoms with E-state index in [0.29, 0.717) is 13.1 Å². The fraction of sp³-hybridized carbons (Fsp3) is 0.250. The Balaban J connectivity index is 1.71. The SMILES string of the molecule is O=C(C[NH2+][C@H](c1ccccc1)c1cccs1)N1CCNC1=O. The lowest BCUT2D eigenvalue weighted by atomic mass is 10.1. The fourth-order valence-electron chi connectivity index (χ4n) is 2.58. The highest BCUT2D eigenvalue weighted by atomic mass is 32.1. The zero-order valence-electron chi connectivity index (χ0n) is 12.1. The van der Waals surface area contributed by atoms with Crippen molar-refractivity contribution >= 4 is 23.3 Å². The number of thiophene rings is 1. The third-order valence-electron chi connectivity index (χ3n) is 3.69.